The first-order chi connectivity index (χ1) is 18.2. The predicted octanol–water partition coefficient (Wildman–Crippen LogP) is 1.06. The van der Waals surface area contributed by atoms with E-state index in [4.69, 9.17) is 5.73 Å². The maximum absolute atomic E-state index is 13.5. The number of rotatable bonds is 9. The zero-order chi connectivity index (χ0) is 27.2. The number of benzene rings is 2. The normalized spacial score (nSPS) is 20.7. The molecule has 2 fully saturated rings. The number of carbonyl (C=O) groups is 4. The van der Waals surface area contributed by atoms with Crippen LogP contribution in [0.4, 0.5) is 0 Å². The number of hydrogen-bond acceptors (Lipinski definition) is 6. The van der Waals surface area contributed by atoms with Crippen molar-refractivity contribution >= 4 is 23.7 Å². The van der Waals surface area contributed by atoms with Crippen molar-refractivity contribution in [2.45, 2.75) is 62.7 Å². The van der Waals surface area contributed by atoms with Crippen LogP contribution in [0, 0.1) is 0 Å². The Morgan fingerprint density at radius 1 is 0.842 bits per heavy atom. The van der Waals surface area contributed by atoms with Crippen LogP contribution in [-0.2, 0) is 32.0 Å². The van der Waals surface area contributed by atoms with Crippen molar-refractivity contribution in [3.05, 3.63) is 65.7 Å². The van der Waals surface area contributed by atoms with Gasteiger partial charge in [-0.3, -0.25) is 14.4 Å². The molecule has 2 heterocycles. The van der Waals surface area contributed by atoms with E-state index in [1.807, 2.05) is 30.3 Å². The van der Waals surface area contributed by atoms with Gasteiger partial charge in [0.05, 0.1) is 6.04 Å². The Balaban J connectivity index is 1.47. The smallest absolute Gasteiger partial charge is 0.326 e. The van der Waals surface area contributed by atoms with E-state index in [1.165, 1.54) is 21.9 Å². The second-order valence-corrected chi connectivity index (χ2v) is 9.95. The molecular formula is C28H34N4O6. The van der Waals surface area contributed by atoms with Gasteiger partial charge in [-0.05, 0) is 55.4 Å². The Morgan fingerprint density at radius 3 is 2.05 bits per heavy atom. The van der Waals surface area contributed by atoms with Gasteiger partial charge < -0.3 is 31.1 Å². The van der Waals surface area contributed by atoms with E-state index in [9.17, 15) is 29.4 Å². The van der Waals surface area contributed by atoms with E-state index in [2.05, 4.69) is 5.32 Å². The maximum Gasteiger partial charge on any atom is 0.326 e. The molecule has 4 atom stereocenters. The number of likely N-dealkylation sites (tertiary alicyclic amines) is 2. The molecule has 0 radical (unpaired) electrons. The summed E-state index contributed by atoms with van der Waals surface area (Å²) >= 11 is 0. The monoisotopic (exact) mass is 522 g/mol. The standard InChI is InChI=1S/C28H34N4O6/c29-21(16-19-10-12-20(33)13-11-19)26(35)31-14-4-8-23(31)25(34)30-22(17-18-6-2-1-3-7-18)27(36)32-15-5-9-24(32)28(37)38/h1-3,6-7,10-13,21-24,33H,4-5,8-9,14-17,29H2,(H,30,34)(H,37,38). The van der Waals surface area contributed by atoms with E-state index in [0.717, 1.165) is 11.1 Å². The van der Waals surface area contributed by atoms with Crippen molar-refractivity contribution in [3.63, 3.8) is 0 Å². The molecule has 2 aliphatic heterocycles. The molecule has 38 heavy (non-hydrogen) atoms. The van der Waals surface area contributed by atoms with Crippen LogP contribution in [0.2, 0.25) is 0 Å². The molecule has 5 N–H and O–H groups in total. The van der Waals surface area contributed by atoms with Gasteiger partial charge in [0.2, 0.25) is 17.7 Å². The minimum Gasteiger partial charge on any atom is -0.508 e. The molecular weight excluding hydrogens is 488 g/mol. The molecule has 2 saturated heterocycles. The quantitative estimate of drug-likeness (QED) is 0.384. The number of aromatic hydroxyl groups is 1. The van der Waals surface area contributed by atoms with Gasteiger partial charge in [0, 0.05) is 19.5 Å². The number of hydrogen-bond donors (Lipinski definition) is 4. The van der Waals surface area contributed by atoms with Crippen LogP contribution < -0.4 is 11.1 Å². The van der Waals surface area contributed by atoms with Crippen molar-refractivity contribution in [2.24, 2.45) is 5.73 Å². The predicted molar refractivity (Wildman–Crippen MR) is 139 cm³/mol. The molecule has 4 unspecified atom stereocenters. The highest BCUT2D eigenvalue weighted by Gasteiger charge is 2.41. The lowest BCUT2D eigenvalue weighted by molar-refractivity contribution is -0.149. The summed E-state index contributed by atoms with van der Waals surface area (Å²) < 4.78 is 0. The number of carboxylic acids is 1. The molecule has 0 aromatic heterocycles. The van der Waals surface area contributed by atoms with Crippen molar-refractivity contribution < 1.29 is 29.4 Å². The van der Waals surface area contributed by atoms with Crippen LogP contribution in [0.15, 0.2) is 54.6 Å². The molecule has 4 rings (SSSR count). The van der Waals surface area contributed by atoms with Gasteiger partial charge >= 0.3 is 5.97 Å². The van der Waals surface area contributed by atoms with Gasteiger partial charge in [-0.1, -0.05) is 42.5 Å². The van der Waals surface area contributed by atoms with Gasteiger partial charge in [-0.2, -0.15) is 0 Å². The van der Waals surface area contributed by atoms with E-state index in [-0.39, 0.29) is 24.5 Å². The lowest BCUT2D eigenvalue weighted by atomic mass is 10.0. The molecule has 3 amide bonds. The summed E-state index contributed by atoms with van der Waals surface area (Å²) in [7, 11) is 0. The van der Waals surface area contributed by atoms with E-state index >= 15 is 0 Å². The summed E-state index contributed by atoms with van der Waals surface area (Å²) in [5.74, 6) is -2.18. The molecule has 2 aromatic carbocycles. The van der Waals surface area contributed by atoms with Crippen LogP contribution in [0.25, 0.3) is 0 Å². The lowest BCUT2D eigenvalue weighted by Gasteiger charge is -2.30. The molecule has 0 aliphatic carbocycles. The Bertz CT molecular complexity index is 1160. The second kappa shape index (κ2) is 12.1. The Morgan fingerprint density at radius 2 is 1.42 bits per heavy atom. The summed E-state index contributed by atoms with van der Waals surface area (Å²) in [6, 6.07) is 12.1. The highest BCUT2D eigenvalue weighted by molar-refractivity contribution is 5.94. The maximum atomic E-state index is 13.5. The molecule has 202 valence electrons. The molecule has 10 heteroatoms. The van der Waals surface area contributed by atoms with Gasteiger partial charge in [-0.25, -0.2) is 4.79 Å². The molecule has 10 nitrogen and oxygen atoms in total. The van der Waals surface area contributed by atoms with Crippen LogP contribution in [-0.4, -0.2) is 81.0 Å². The highest BCUT2D eigenvalue weighted by atomic mass is 16.4. The zero-order valence-corrected chi connectivity index (χ0v) is 21.2. The fourth-order valence-electron chi connectivity index (χ4n) is 5.29. The number of carbonyl (C=O) groups excluding carboxylic acids is 3. The van der Waals surface area contributed by atoms with E-state index < -0.39 is 42.0 Å². The summed E-state index contributed by atoms with van der Waals surface area (Å²) in [5, 5.41) is 21.9. The SMILES string of the molecule is NC(Cc1ccc(O)cc1)C(=O)N1CCCC1C(=O)NC(Cc1ccccc1)C(=O)N1CCCC1C(=O)O. The fraction of sp³-hybridized carbons (Fsp3) is 0.429. The number of aliphatic carboxylic acids is 1. The number of nitrogens with two attached hydrogens (primary N) is 1. The third-order valence-corrected chi connectivity index (χ3v) is 7.27. The molecule has 2 aromatic rings. The average molecular weight is 523 g/mol. The van der Waals surface area contributed by atoms with Crippen LogP contribution >= 0.6 is 0 Å². The highest BCUT2D eigenvalue weighted by Crippen LogP contribution is 2.22. The Labute approximate surface area is 221 Å². The van der Waals surface area contributed by atoms with Crippen molar-refractivity contribution in [1.29, 1.82) is 0 Å². The summed E-state index contributed by atoms with van der Waals surface area (Å²) in [6.45, 7) is 0.696. The third kappa shape index (κ3) is 6.31. The number of carboxylic acid groups (broad SMARTS) is 1. The van der Waals surface area contributed by atoms with Crippen molar-refractivity contribution in [2.75, 3.05) is 13.1 Å². The molecule has 2 aliphatic rings. The largest absolute Gasteiger partial charge is 0.508 e. The van der Waals surface area contributed by atoms with Crippen LogP contribution in [0.1, 0.15) is 36.8 Å². The number of amides is 3. The minimum atomic E-state index is -1.06. The number of nitrogens with one attached hydrogen (secondary N) is 1. The first kappa shape index (κ1) is 27.1. The molecule has 0 spiro atoms. The van der Waals surface area contributed by atoms with Crippen molar-refractivity contribution in [3.8, 4) is 5.75 Å². The van der Waals surface area contributed by atoms with E-state index in [1.54, 1.807) is 12.1 Å². The number of nitrogens with zero attached hydrogens (tertiary/aromatic N) is 2. The fourth-order valence-corrected chi connectivity index (χ4v) is 5.29. The topological polar surface area (TPSA) is 153 Å². The minimum absolute atomic E-state index is 0.119. The first-order valence-electron chi connectivity index (χ1n) is 13.0. The van der Waals surface area contributed by atoms with Gasteiger partial charge in [0.1, 0.15) is 23.9 Å². The lowest BCUT2D eigenvalue weighted by Crippen LogP contribution is -2.57. The van der Waals surface area contributed by atoms with E-state index in [0.29, 0.717) is 38.8 Å². The molecule has 0 saturated carbocycles. The first-order valence-corrected chi connectivity index (χ1v) is 13.0. The Hall–Kier alpha value is -3.92. The average Bonchev–Trinajstić information content (AvgIpc) is 3.60. The number of phenolic OH excluding ortho intramolecular Hbond substituents is 1. The summed E-state index contributed by atoms with van der Waals surface area (Å²) in [6.07, 6.45) is 2.48. The third-order valence-electron chi connectivity index (χ3n) is 7.27. The Kier molecular flexibility index (Phi) is 8.62. The van der Waals surface area contributed by atoms with Gasteiger partial charge in [-0.15, -0.1) is 0 Å². The summed E-state index contributed by atoms with van der Waals surface area (Å²) in [5.41, 5.74) is 7.82. The van der Waals surface area contributed by atoms with Gasteiger partial charge in [0.25, 0.3) is 0 Å². The van der Waals surface area contributed by atoms with Crippen LogP contribution in [0.5, 0.6) is 5.75 Å². The number of phenols is 1. The van der Waals surface area contributed by atoms with Gasteiger partial charge in [0.15, 0.2) is 0 Å². The second-order valence-electron chi connectivity index (χ2n) is 9.95. The molecule has 0 bridgehead atoms. The van der Waals surface area contributed by atoms with Crippen LogP contribution in [0.3, 0.4) is 0 Å². The van der Waals surface area contributed by atoms with Crippen molar-refractivity contribution in [1.82, 2.24) is 15.1 Å². The zero-order valence-electron chi connectivity index (χ0n) is 21.2. The summed E-state index contributed by atoms with van der Waals surface area (Å²) in [4.78, 5) is 54.7.